The van der Waals surface area contributed by atoms with Gasteiger partial charge in [-0.25, -0.2) is 4.79 Å². The van der Waals surface area contributed by atoms with E-state index < -0.39 is 23.1 Å². The van der Waals surface area contributed by atoms with E-state index in [0.29, 0.717) is 0 Å². The Hall–Kier alpha value is -3.11. The van der Waals surface area contributed by atoms with E-state index in [-0.39, 0.29) is 60.7 Å². The smallest absolute Gasteiger partial charge is 0.330 e. The minimum absolute atomic E-state index is 0.00124. The van der Waals surface area contributed by atoms with Crippen LogP contribution in [-0.2, 0) is 20.9 Å². The molecule has 0 aliphatic rings. The zero-order valence-corrected chi connectivity index (χ0v) is 19.9. The number of amides is 1. The zero-order valence-electron chi connectivity index (χ0n) is 19.1. The molecule has 1 heterocycles. The lowest BCUT2D eigenvalue weighted by molar-refractivity contribution is -0.136. The second kappa shape index (κ2) is 11.7. The third-order valence-electron chi connectivity index (χ3n) is 4.71. The standard InChI is InChI=1S/C22H29ClN4O6/c1-13(2)12-27-20(24)19(21(30)25-22(27)31)26(9-10-32-4)17(28)7-8-18(29)33-16-11-14(3)5-6-15(16)23/h5-6,11,13H,7-10,12,24H2,1-4H3,(H,25,30,31). The molecule has 2 aromatic rings. The molecule has 0 aliphatic heterocycles. The number of aromatic nitrogens is 2. The first-order valence-electron chi connectivity index (χ1n) is 10.4. The maximum Gasteiger partial charge on any atom is 0.330 e. The molecule has 10 nitrogen and oxygen atoms in total. The van der Waals surface area contributed by atoms with Gasteiger partial charge in [-0.2, -0.15) is 0 Å². The van der Waals surface area contributed by atoms with Gasteiger partial charge in [-0.1, -0.05) is 31.5 Å². The molecule has 11 heteroatoms. The van der Waals surface area contributed by atoms with Crippen molar-refractivity contribution >= 4 is 35.0 Å². The normalized spacial score (nSPS) is 11.0. The van der Waals surface area contributed by atoms with Crippen molar-refractivity contribution in [1.82, 2.24) is 9.55 Å². The summed E-state index contributed by atoms with van der Waals surface area (Å²) in [6, 6.07) is 5.00. The summed E-state index contributed by atoms with van der Waals surface area (Å²) in [5, 5.41) is 0.272. The minimum atomic E-state index is -0.795. The molecule has 180 valence electrons. The van der Waals surface area contributed by atoms with Crippen molar-refractivity contribution in [2.45, 2.75) is 40.2 Å². The van der Waals surface area contributed by atoms with Crippen molar-refractivity contribution in [3.05, 3.63) is 49.6 Å². The van der Waals surface area contributed by atoms with Crippen LogP contribution in [-0.4, -0.2) is 41.7 Å². The molecule has 33 heavy (non-hydrogen) atoms. The van der Waals surface area contributed by atoms with Crippen LogP contribution in [0.2, 0.25) is 5.02 Å². The number of carbonyl (C=O) groups is 2. The van der Waals surface area contributed by atoms with Crippen molar-refractivity contribution in [3.63, 3.8) is 0 Å². The molecular formula is C22H29ClN4O6. The highest BCUT2D eigenvalue weighted by Gasteiger charge is 2.25. The molecule has 0 aliphatic carbocycles. The Morgan fingerprint density at radius 3 is 2.58 bits per heavy atom. The predicted molar refractivity (Wildman–Crippen MR) is 126 cm³/mol. The fourth-order valence-corrected chi connectivity index (χ4v) is 3.29. The second-order valence-corrected chi connectivity index (χ2v) is 8.35. The number of ether oxygens (including phenoxy) is 2. The summed E-state index contributed by atoms with van der Waals surface area (Å²) in [5.41, 5.74) is 5.38. The van der Waals surface area contributed by atoms with E-state index in [1.54, 1.807) is 18.2 Å². The fraction of sp³-hybridized carbons (Fsp3) is 0.455. The third-order valence-corrected chi connectivity index (χ3v) is 5.02. The number of anilines is 2. The van der Waals surface area contributed by atoms with E-state index in [0.717, 1.165) is 10.5 Å². The van der Waals surface area contributed by atoms with Crippen LogP contribution < -0.4 is 26.6 Å². The van der Waals surface area contributed by atoms with Crippen molar-refractivity contribution in [2.75, 3.05) is 30.9 Å². The highest BCUT2D eigenvalue weighted by molar-refractivity contribution is 6.32. The number of carbonyl (C=O) groups excluding carboxylic acids is 2. The van der Waals surface area contributed by atoms with Gasteiger partial charge in [0.05, 0.1) is 18.1 Å². The highest BCUT2D eigenvalue weighted by Crippen LogP contribution is 2.26. The van der Waals surface area contributed by atoms with Crippen LogP contribution in [0.4, 0.5) is 11.5 Å². The first kappa shape index (κ1) is 26.1. The molecule has 0 atom stereocenters. The summed E-state index contributed by atoms with van der Waals surface area (Å²) in [4.78, 5) is 53.4. The number of nitrogens with zero attached hydrogens (tertiary/aromatic N) is 2. The van der Waals surface area contributed by atoms with Gasteiger partial charge in [0.25, 0.3) is 5.56 Å². The quantitative estimate of drug-likeness (QED) is 0.392. The second-order valence-electron chi connectivity index (χ2n) is 7.94. The van der Waals surface area contributed by atoms with E-state index in [2.05, 4.69) is 4.98 Å². The van der Waals surface area contributed by atoms with Crippen LogP contribution in [0.1, 0.15) is 32.3 Å². The molecule has 3 N–H and O–H groups in total. The first-order chi connectivity index (χ1) is 15.5. The van der Waals surface area contributed by atoms with Crippen LogP contribution in [0, 0.1) is 12.8 Å². The molecule has 0 radical (unpaired) electrons. The molecule has 1 amide bonds. The molecule has 0 saturated heterocycles. The predicted octanol–water partition coefficient (Wildman–Crippen LogP) is 2.10. The third kappa shape index (κ3) is 6.93. The Labute approximate surface area is 196 Å². The number of hydrogen-bond donors (Lipinski definition) is 2. The lowest BCUT2D eigenvalue weighted by Crippen LogP contribution is -2.43. The Kier molecular flexibility index (Phi) is 9.24. The van der Waals surface area contributed by atoms with E-state index in [9.17, 15) is 19.2 Å². The fourth-order valence-electron chi connectivity index (χ4n) is 3.13. The van der Waals surface area contributed by atoms with Gasteiger partial charge in [-0.05, 0) is 30.5 Å². The molecule has 1 aromatic heterocycles. The van der Waals surface area contributed by atoms with Gasteiger partial charge in [0.1, 0.15) is 11.6 Å². The maximum atomic E-state index is 13.0. The number of H-pyrrole nitrogens is 1. The Morgan fingerprint density at radius 2 is 1.94 bits per heavy atom. The monoisotopic (exact) mass is 480 g/mol. The molecule has 0 saturated carbocycles. The van der Waals surface area contributed by atoms with Gasteiger partial charge in [0, 0.05) is 26.6 Å². The number of nitrogens with two attached hydrogens (primary N) is 1. The lowest BCUT2D eigenvalue weighted by Gasteiger charge is -2.24. The summed E-state index contributed by atoms with van der Waals surface area (Å²) >= 11 is 6.04. The molecule has 0 fully saturated rings. The van der Waals surface area contributed by atoms with E-state index in [4.69, 9.17) is 26.8 Å². The van der Waals surface area contributed by atoms with Crippen molar-refractivity contribution in [1.29, 1.82) is 0 Å². The minimum Gasteiger partial charge on any atom is -0.425 e. The summed E-state index contributed by atoms with van der Waals surface area (Å²) < 4.78 is 11.5. The number of methoxy groups -OCH3 is 1. The van der Waals surface area contributed by atoms with Gasteiger partial charge < -0.3 is 20.1 Å². The van der Waals surface area contributed by atoms with Gasteiger partial charge in [0.15, 0.2) is 5.69 Å². The molecule has 2 rings (SSSR count). The SMILES string of the molecule is COCCN(C(=O)CCC(=O)Oc1cc(C)ccc1Cl)c1c(N)n(CC(C)C)c(=O)[nH]c1=O. The lowest BCUT2D eigenvalue weighted by atomic mass is 10.2. The van der Waals surface area contributed by atoms with Crippen LogP contribution >= 0.6 is 11.6 Å². The van der Waals surface area contributed by atoms with E-state index in [1.165, 1.54) is 11.7 Å². The molecule has 0 spiro atoms. The summed E-state index contributed by atoms with van der Waals surface area (Å²) in [5.74, 6) is -1.07. The Bertz CT molecular complexity index is 1120. The average molecular weight is 481 g/mol. The molecule has 0 bridgehead atoms. The van der Waals surface area contributed by atoms with Crippen molar-refractivity contribution in [2.24, 2.45) is 5.92 Å². The molecular weight excluding hydrogens is 452 g/mol. The summed E-state index contributed by atoms with van der Waals surface area (Å²) in [6.07, 6.45) is -0.510. The summed E-state index contributed by atoms with van der Waals surface area (Å²) in [6.45, 7) is 5.96. The molecule has 1 aromatic carbocycles. The van der Waals surface area contributed by atoms with Gasteiger partial charge in [0.2, 0.25) is 5.91 Å². The number of halogens is 1. The number of nitrogen functional groups attached to an aromatic ring is 1. The van der Waals surface area contributed by atoms with Gasteiger partial charge in [-0.3, -0.25) is 23.9 Å². The number of aryl methyl sites for hydroxylation is 1. The van der Waals surface area contributed by atoms with Crippen LogP contribution in [0.5, 0.6) is 5.75 Å². The van der Waals surface area contributed by atoms with Crippen LogP contribution in [0.3, 0.4) is 0 Å². The van der Waals surface area contributed by atoms with Crippen LogP contribution in [0.15, 0.2) is 27.8 Å². The van der Waals surface area contributed by atoms with E-state index in [1.807, 2.05) is 20.8 Å². The number of aromatic amines is 1. The van der Waals surface area contributed by atoms with E-state index >= 15 is 0 Å². The van der Waals surface area contributed by atoms with Gasteiger partial charge >= 0.3 is 11.7 Å². The first-order valence-corrected chi connectivity index (χ1v) is 10.8. The number of benzene rings is 1. The largest absolute Gasteiger partial charge is 0.425 e. The number of esters is 1. The highest BCUT2D eigenvalue weighted by atomic mass is 35.5. The van der Waals surface area contributed by atoms with Crippen LogP contribution in [0.25, 0.3) is 0 Å². The topological polar surface area (TPSA) is 137 Å². The number of nitrogens with one attached hydrogen (secondary N) is 1. The maximum absolute atomic E-state index is 13.0. The number of hydrogen-bond acceptors (Lipinski definition) is 7. The Morgan fingerprint density at radius 1 is 1.24 bits per heavy atom. The van der Waals surface area contributed by atoms with Crippen molar-refractivity contribution in [3.8, 4) is 5.75 Å². The molecule has 0 unspecified atom stereocenters. The van der Waals surface area contributed by atoms with Gasteiger partial charge in [-0.15, -0.1) is 0 Å². The van der Waals surface area contributed by atoms with Crippen molar-refractivity contribution < 1.29 is 19.1 Å². The Balaban J connectivity index is 2.25. The number of rotatable bonds is 10. The average Bonchev–Trinajstić information content (AvgIpc) is 2.74. The summed E-state index contributed by atoms with van der Waals surface area (Å²) in [7, 11) is 1.44. The zero-order chi connectivity index (χ0) is 24.7.